The lowest BCUT2D eigenvalue weighted by atomic mass is 10.0. The maximum Gasteiger partial charge on any atom is 0.251 e. The molecule has 3 N–H and O–H groups in total. The number of amides is 1. The number of hydrogen-bond acceptors (Lipinski definition) is 2. The van der Waals surface area contributed by atoms with Gasteiger partial charge >= 0.3 is 0 Å². The molecule has 3 heteroatoms. The van der Waals surface area contributed by atoms with Crippen LogP contribution in [0.3, 0.4) is 0 Å². The molecule has 0 radical (unpaired) electrons. The van der Waals surface area contributed by atoms with E-state index < -0.39 is 0 Å². The van der Waals surface area contributed by atoms with Gasteiger partial charge < -0.3 is 11.1 Å². The molecule has 0 saturated carbocycles. The van der Waals surface area contributed by atoms with Crippen molar-refractivity contribution >= 4 is 5.91 Å². The highest BCUT2D eigenvalue weighted by Gasteiger charge is 2.13. The molecule has 3 nitrogen and oxygen atoms in total. The molecule has 94 valence electrons. The Morgan fingerprint density at radius 2 is 1.88 bits per heavy atom. The Bertz CT molecular complexity index is 357. The molecule has 1 aromatic rings. The topological polar surface area (TPSA) is 55.1 Å². The highest BCUT2D eigenvalue weighted by atomic mass is 16.1. The fraction of sp³-hybridized carbons (Fsp3) is 0.500. The Balaban J connectivity index is 2.61. The second-order valence-electron chi connectivity index (χ2n) is 4.90. The first kappa shape index (κ1) is 13.7. The quantitative estimate of drug-likeness (QED) is 0.819. The number of carbonyl (C=O) groups excluding carboxylic acids is 1. The van der Waals surface area contributed by atoms with Crippen LogP contribution in [0, 0.1) is 12.8 Å². The number of nitrogens with one attached hydrogen (secondary N) is 1. The predicted octanol–water partition coefficient (Wildman–Crippen LogP) is 2.10. The lowest BCUT2D eigenvalue weighted by Gasteiger charge is -2.18. The maximum absolute atomic E-state index is 11.9. The molecule has 0 aliphatic rings. The molecule has 0 fully saturated rings. The van der Waals surface area contributed by atoms with Gasteiger partial charge in [0.05, 0.1) is 0 Å². The van der Waals surface area contributed by atoms with Crippen LogP contribution in [-0.4, -0.2) is 18.5 Å². The number of nitrogens with two attached hydrogens (primary N) is 1. The van der Waals surface area contributed by atoms with E-state index in [2.05, 4.69) is 19.2 Å². The summed E-state index contributed by atoms with van der Waals surface area (Å²) in [7, 11) is 0. The maximum atomic E-state index is 11.9. The first-order chi connectivity index (χ1) is 8.02. The van der Waals surface area contributed by atoms with Crippen LogP contribution in [0.5, 0.6) is 0 Å². The van der Waals surface area contributed by atoms with Gasteiger partial charge in [-0.15, -0.1) is 0 Å². The van der Waals surface area contributed by atoms with E-state index in [-0.39, 0.29) is 11.9 Å². The molecular formula is C14H22N2O. The van der Waals surface area contributed by atoms with E-state index in [4.69, 9.17) is 5.73 Å². The van der Waals surface area contributed by atoms with Crippen molar-refractivity contribution in [1.29, 1.82) is 0 Å². The summed E-state index contributed by atoms with van der Waals surface area (Å²) >= 11 is 0. The van der Waals surface area contributed by atoms with Gasteiger partial charge in [-0.3, -0.25) is 4.79 Å². The summed E-state index contributed by atoms with van der Waals surface area (Å²) in [5.74, 6) is 0.489. The largest absolute Gasteiger partial charge is 0.348 e. The molecule has 0 aromatic heterocycles. The highest BCUT2D eigenvalue weighted by molar-refractivity contribution is 5.94. The molecule has 0 bridgehead atoms. The van der Waals surface area contributed by atoms with Gasteiger partial charge in [0.15, 0.2) is 0 Å². The minimum Gasteiger partial charge on any atom is -0.348 e. The van der Waals surface area contributed by atoms with Crippen molar-refractivity contribution in [3.05, 3.63) is 35.4 Å². The Labute approximate surface area is 103 Å². The molecule has 0 heterocycles. The van der Waals surface area contributed by atoms with Crippen LogP contribution >= 0.6 is 0 Å². The summed E-state index contributed by atoms with van der Waals surface area (Å²) in [5.41, 5.74) is 7.50. The average Bonchev–Trinajstić information content (AvgIpc) is 2.28. The summed E-state index contributed by atoms with van der Waals surface area (Å²) < 4.78 is 0. The zero-order valence-electron chi connectivity index (χ0n) is 10.9. The number of rotatable bonds is 5. The number of carbonyl (C=O) groups is 1. The number of hydrogen-bond donors (Lipinski definition) is 2. The summed E-state index contributed by atoms with van der Waals surface area (Å²) in [6, 6.07) is 7.62. The standard InChI is InChI=1S/C14H22N2O/c1-10(2)8-13(9-15)16-14(17)12-6-4-11(3)5-7-12/h4-7,10,13H,8-9,15H2,1-3H3,(H,16,17). The molecule has 1 amide bonds. The molecule has 1 unspecified atom stereocenters. The Hall–Kier alpha value is -1.35. The van der Waals surface area contributed by atoms with E-state index >= 15 is 0 Å². The van der Waals surface area contributed by atoms with Crippen LogP contribution in [0.4, 0.5) is 0 Å². The Kier molecular flexibility index (Phi) is 5.16. The molecule has 1 atom stereocenters. The van der Waals surface area contributed by atoms with Crippen LogP contribution in [0.25, 0.3) is 0 Å². The molecule has 0 aliphatic carbocycles. The molecule has 1 rings (SSSR count). The van der Waals surface area contributed by atoms with Crippen molar-refractivity contribution in [2.24, 2.45) is 11.7 Å². The summed E-state index contributed by atoms with van der Waals surface area (Å²) in [4.78, 5) is 11.9. The van der Waals surface area contributed by atoms with Gasteiger partial charge in [0.2, 0.25) is 0 Å². The molecule has 1 aromatic carbocycles. The van der Waals surface area contributed by atoms with Crippen LogP contribution in [0.1, 0.15) is 36.2 Å². The van der Waals surface area contributed by atoms with E-state index in [9.17, 15) is 4.79 Å². The van der Waals surface area contributed by atoms with E-state index in [1.165, 1.54) is 0 Å². The van der Waals surface area contributed by atoms with Gasteiger partial charge in [-0.05, 0) is 31.4 Å². The zero-order valence-corrected chi connectivity index (χ0v) is 10.9. The fourth-order valence-electron chi connectivity index (χ4n) is 1.76. The van der Waals surface area contributed by atoms with Gasteiger partial charge in [-0.25, -0.2) is 0 Å². The van der Waals surface area contributed by atoms with Crippen molar-refractivity contribution in [3.63, 3.8) is 0 Å². The van der Waals surface area contributed by atoms with Crippen molar-refractivity contribution in [2.45, 2.75) is 33.2 Å². The summed E-state index contributed by atoms with van der Waals surface area (Å²) in [6.45, 7) is 6.74. The Morgan fingerprint density at radius 1 is 1.29 bits per heavy atom. The van der Waals surface area contributed by atoms with Crippen LogP contribution in [0.2, 0.25) is 0 Å². The first-order valence-corrected chi connectivity index (χ1v) is 6.10. The highest BCUT2D eigenvalue weighted by Crippen LogP contribution is 2.06. The van der Waals surface area contributed by atoms with Crippen LogP contribution in [0.15, 0.2) is 24.3 Å². The van der Waals surface area contributed by atoms with E-state index in [1.807, 2.05) is 31.2 Å². The summed E-state index contributed by atoms with van der Waals surface area (Å²) in [5, 5.41) is 2.97. The molecule has 0 spiro atoms. The normalized spacial score (nSPS) is 12.5. The number of aryl methyl sites for hydroxylation is 1. The fourth-order valence-corrected chi connectivity index (χ4v) is 1.76. The van der Waals surface area contributed by atoms with Crippen LogP contribution < -0.4 is 11.1 Å². The summed E-state index contributed by atoms with van der Waals surface area (Å²) in [6.07, 6.45) is 0.911. The predicted molar refractivity (Wildman–Crippen MR) is 70.9 cm³/mol. The van der Waals surface area contributed by atoms with Gasteiger partial charge in [-0.2, -0.15) is 0 Å². The first-order valence-electron chi connectivity index (χ1n) is 6.10. The molecule has 0 aliphatic heterocycles. The van der Waals surface area contributed by atoms with E-state index in [1.54, 1.807) is 0 Å². The van der Waals surface area contributed by atoms with Crippen molar-refractivity contribution in [3.8, 4) is 0 Å². The average molecular weight is 234 g/mol. The minimum absolute atomic E-state index is 0.0406. The van der Waals surface area contributed by atoms with Crippen LogP contribution in [-0.2, 0) is 0 Å². The van der Waals surface area contributed by atoms with Crippen molar-refractivity contribution in [2.75, 3.05) is 6.54 Å². The molecule has 17 heavy (non-hydrogen) atoms. The third kappa shape index (κ3) is 4.57. The van der Waals surface area contributed by atoms with Gasteiger partial charge in [-0.1, -0.05) is 31.5 Å². The molecular weight excluding hydrogens is 212 g/mol. The lowest BCUT2D eigenvalue weighted by Crippen LogP contribution is -2.41. The lowest BCUT2D eigenvalue weighted by molar-refractivity contribution is 0.0934. The van der Waals surface area contributed by atoms with Gasteiger partial charge in [0.25, 0.3) is 5.91 Å². The smallest absolute Gasteiger partial charge is 0.251 e. The third-order valence-corrected chi connectivity index (χ3v) is 2.69. The molecule has 0 saturated heterocycles. The van der Waals surface area contributed by atoms with E-state index in [0.717, 1.165) is 12.0 Å². The van der Waals surface area contributed by atoms with Gasteiger partial charge in [0.1, 0.15) is 0 Å². The van der Waals surface area contributed by atoms with Crippen molar-refractivity contribution < 1.29 is 4.79 Å². The third-order valence-electron chi connectivity index (χ3n) is 2.69. The SMILES string of the molecule is Cc1ccc(C(=O)NC(CN)CC(C)C)cc1. The number of benzene rings is 1. The second-order valence-corrected chi connectivity index (χ2v) is 4.90. The zero-order chi connectivity index (χ0) is 12.8. The second kappa shape index (κ2) is 6.40. The van der Waals surface area contributed by atoms with E-state index in [0.29, 0.717) is 18.0 Å². The Morgan fingerprint density at radius 3 is 2.35 bits per heavy atom. The van der Waals surface area contributed by atoms with Crippen molar-refractivity contribution in [1.82, 2.24) is 5.32 Å². The monoisotopic (exact) mass is 234 g/mol. The minimum atomic E-state index is -0.0406. The van der Waals surface area contributed by atoms with Gasteiger partial charge in [0, 0.05) is 18.2 Å².